The summed E-state index contributed by atoms with van der Waals surface area (Å²) in [6.07, 6.45) is 4.14. The van der Waals surface area contributed by atoms with Gasteiger partial charge in [0.2, 0.25) is 0 Å². The normalized spacial score (nSPS) is 11.6. The highest BCUT2D eigenvalue weighted by atomic mass is 32.1. The number of thiazole rings is 1. The van der Waals surface area contributed by atoms with Gasteiger partial charge in [0.05, 0.1) is 28.4 Å². The first kappa shape index (κ1) is 17.1. The van der Waals surface area contributed by atoms with E-state index >= 15 is 0 Å². The van der Waals surface area contributed by atoms with Crippen molar-refractivity contribution >= 4 is 38.3 Å². The number of fused-ring (bicyclic) bond motifs is 3. The minimum Gasteiger partial charge on any atom is -0.382 e. The Bertz CT molecular complexity index is 831. The Morgan fingerprint density at radius 1 is 1.17 bits per heavy atom. The molecule has 3 rings (SSSR count). The SMILES string of the molecule is CCCCc1nc2c(N)nc3cccc(CCOCCN)c3c2s1. The number of aromatic nitrogens is 2. The van der Waals surface area contributed by atoms with Crippen LogP contribution in [0.1, 0.15) is 30.3 Å². The molecule has 24 heavy (non-hydrogen) atoms. The number of nitrogens with zero attached hydrogens (tertiary/aromatic N) is 2. The summed E-state index contributed by atoms with van der Waals surface area (Å²) in [4.78, 5) is 9.30. The molecule has 5 nitrogen and oxygen atoms in total. The number of pyridine rings is 1. The largest absolute Gasteiger partial charge is 0.382 e. The van der Waals surface area contributed by atoms with E-state index in [-0.39, 0.29) is 0 Å². The molecule has 128 valence electrons. The van der Waals surface area contributed by atoms with Crippen LogP contribution in [-0.2, 0) is 17.6 Å². The molecule has 6 heteroatoms. The smallest absolute Gasteiger partial charge is 0.151 e. The van der Waals surface area contributed by atoms with E-state index in [1.54, 1.807) is 11.3 Å². The Labute approximate surface area is 146 Å². The molecule has 0 saturated carbocycles. The fourth-order valence-corrected chi connectivity index (χ4v) is 4.05. The fraction of sp³-hybridized carbons (Fsp3) is 0.444. The molecule has 1 aromatic carbocycles. The number of ether oxygens (including phenoxy) is 1. The number of hydrogen-bond donors (Lipinski definition) is 2. The van der Waals surface area contributed by atoms with Crippen LogP contribution < -0.4 is 11.5 Å². The number of nitrogen functional groups attached to an aromatic ring is 1. The average Bonchev–Trinajstić information content (AvgIpc) is 3.01. The zero-order chi connectivity index (χ0) is 16.9. The topological polar surface area (TPSA) is 87.0 Å². The van der Waals surface area contributed by atoms with Crippen LogP contribution in [0.4, 0.5) is 5.82 Å². The molecule has 0 aliphatic rings. The molecule has 2 aromatic heterocycles. The van der Waals surface area contributed by atoms with Crippen LogP contribution in [0.5, 0.6) is 0 Å². The molecule has 0 fully saturated rings. The van der Waals surface area contributed by atoms with Gasteiger partial charge in [-0.05, 0) is 30.9 Å². The molecule has 3 aromatic rings. The van der Waals surface area contributed by atoms with E-state index in [0.29, 0.717) is 25.6 Å². The molecule has 0 aliphatic heterocycles. The summed E-state index contributed by atoms with van der Waals surface area (Å²) in [5.74, 6) is 0.521. The van der Waals surface area contributed by atoms with Gasteiger partial charge < -0.3 is 16.2 Å². The fourth-order valence-electron chi connectivity index (χ4n) is 2.84. The third-order valence-electron chi connectivity index (χ3n) is 4.03. The second-order valence-corrected chi connectivity index (χ2v) is 6.93. The Morgan fingerprint density at radius 3 is 2.83 bits per heavy atom. The molecule has 0 aliphatic carbocycles. The first-order valence-electron chi connectivity index (χ1n) is 8.49. The van der Waals surface area contributed by atoms with Gasteiger partial charge in [-0.1, -0.05) is 25.5 Å². The van der Waals surface area contributed by atoms with E-state index in [0.717, 1.165) is 46.4 Å². The first-order valence-corrected chi connectivity index (χ1v) is 9.30. The number of nitrogens with two attached hydrogens (primary N) is 2. The number of anilines is 1. The number of hydrogen-bond acceptors (Lipinski definition) is 6. The van der Waals surface area contributed by atoms with Crippen LogP contribution in [0.2, 0.25) is 0 Å². The second-order valence-electron chi connectivity index (χ2n) is 5.85. The van der Waals surface area contributed by atoms with E-state index in [2.05, 4.69) is 18.0 Å². The Balaban J connectivity index is 2.04. The molecule has 0 bridgehead atoms. The Hall–Kier alpha value is -1.76. The first-order chi connectivity index (χ1) is 11.7. The van der Waals surface area contributed by atoms with E-state index in [4.69, 9.17) is 21.2 Å². The number of aryl methyl sites for hydroxylation is 1. The van der Waals surface area contributed by atoms with Gasteiger partial charge >= 0.3 is 0 Å². The minimum absolute atomic E-state index is 0.521. The van der Waals surface area contributed by atoms with Crippen LogP contribution in [-0.4, -0.2) is 29.7 Å². The third kappa shape index (κ3) is 3.50. The van der Waals surface area contributed by atoms with Gasteiger partial charge in [-0.3, -0.25) is 0 Å². The molecular weight excluding hydrogens is 320 g/mol. The maximum Gasteiger partial charge on any atom is 0.151 e. The van der Waals surface area contributed by atoms with Gasteiger partial charge in [0.1, 0.15) is 5.52 Å². The van der Waals surface area contributed by atoms with E-state index in [1.807, 2.05) is 12.1 Å². The summed E-state index contributed by atoms with van der Waals surface area (Å²) < 4.78 is 6.70. The second kappa shape index (κ2) is 7.88. The van der Waals surface area contributed by atoms with Crippen molar-refractivity contribution in [2.24, 2.45) is 5.73 Å². The summed E-state index contributed by atoms with van der Waals surface area (Å²) in [6, 6.07) is 6.18. The summed E-state index contributed by atoms with van der Waals surface area (Å²) in [6.45, 7) is 3.99. The minimum atomic E-state index is 0.521. The Kier molecular flexibility index (Phi) is 5.60. The van der Waals surface area contributed by atoms with Crippen molar-refractivity contribution in [2.45, 2.75) is 32.6 Å². The van der Waals surface area contributed by atoms with Gasteiger partial charge in [0, 0.05) is 11.9 Å². The van der Waals surface area contributed by atoms with E-state index < -0.39 is 0 Å². The quantitative estimate of drug-likeness (QED) is 0.612. The van der Waals surface area contributed by atoms with Crippen molar-refractivity contribution in [2.75, 3.05) is 25.5 Å². The van der Waals surface area contributed by atoms with Crippen LogP contribution in [0, 0.1) is 0 Å². The van der Waals surface area contributed by atoms with Crippen LogP contribution in [0.25, 0.3) is 21.1 Å². The zero-order valence-corrected chi connectivity index (χ0v) is 14.9. The third-order valence-corrected chi connectivity index (χ3v) is 5.17. The highest BCUT2D eigenvalue weighted by molar-refractivity contribution is 7.19. The molecule has 0 amide bonds. The summed E-state index contributed by atoms with van der Waals surface area (Å²) in [7, 11) is 0. The highest BCUT2D eigenvalue weighted by Crippen LogP contribution is 2.35. The molecule has 2 heterocycles. The lowest BCUT2D eigenvalue weighted by Gasteiger charge is -2.08. The maximum atomic E-state index is 6.15. The van der Waals surface area contributed by atoms with E-state index in [1.165, 1.54) is 10.9 Å². The summed E-state index contributed by atoms with van der Waals surface area (Å²) in [5, 5.41) is 2.31. The lowest BCUT2D eigenvalue weighted by atomic mass is 10.1. The molecule has 0 spiro atoms. The average molecular weight is 344 g/mol. The van der Waals surface area contributed by atoms with E-state index in [9.17, 15) is 0 Å². The van der Waals surface area contributed by atoms with Crippen LogP contribution in [0.3, 0.4) is 0 Å². The standard InChI is InChI=1S/C18H24N4OS/c1-2-3-7-14-22-16-17(24-14)15-12(8-10-23-11-9-19)5-4-6-13(15)21-18(16)20/h4-6H,2-3,7-11,19H2,1H3,(H2,20,21). The van der Waals surface area contributed by atoms with Gasteiger partial charge in [0.15, 0.2) is 5.82 Å². The van der Waals surface area contributed by atoms with Gasteiger partial charge in [0.25, 0.3) is 0 Å². The van der Waals surface area contributed by atoms with Gasteiger partial charge in [-0.2, -0.15) is 0 Å². The number of benzene rings is 1. The Morgan fingerprint density at radius 2 is 2.04 bits per heavy atom. The highest BCUT2D eigenvalue weighted by Gasteiger charge is 2.14. The molecule has 0 unspecified atom stereocenters. The molecule has 0 atom stereocenters. The molecule has 4 N–H and O–H groups in total. The predicted octanol–water partition coefficient (Wildman–Crippen LogP) is 3.29. The van der Waals surface area contributed by atoms with Crippen molar-refractivity contribution in [3.05, 3.63) is 28.8 Å². The lowest BCUT2D eigenvalue weighted by Crippen LogP contribution is -2.10. The predicted molar refractivity (Wildman–Crippen MR) is 102 cm³/mol. The number of unbranched alkanes of at least 4 members (excludes halogenated alkanes) is 1. The molecular formula is C18H24N4OS. The molecule has 0 radical (unpaired) electrons. The van der Waals surface area contributed by atoms with Crippen molar-refractivity contribution in [3.63, 3.8) is 0 Å². The van der Waals surface area contributed by atoms with Crippen LogP contribution >= 0.6 is 11.3 Å². The van der Waals surface area contributed by atoms with Crippen molar-refractivity contribution in [1.29, 1.82) is 0 Å². The monoisotopic (exact) mass is 344 g/mol. The lowest BCUT2D eigenvalue weighted by molar-refractivity contribution is 0.145. The summed E-state index contributed by atoms with van der Waals surface area (Å²) >= 11 is 1.75. The van der Waals surface area contributed by atoms with Crippen molar-refractivity contribution in [3.8, 4) is 0 Å². The van der Waals surface area contributed by atoms with Gasteiger partial charge in [-0.15, -0.1) is 11.3 Å². The van der Waals surface area contributed by atoms with Crippen molar-refractivity contribution < 1.29 is 4.74 Å². The van der Waals surface area contributed by atoms with Crippen molar-refractivity contribution in [1.82, 2.24) is 9.97 Å². The maximum absolute atomic E-state index is 6.15. The number of rotatable bonds is 8. The zero-order valence-electron chi connectivity index (χ0n) is 14.0. The van der Waals surface area contributed by atoms with Crippen LogP contribution in [0.15, 0.2) is 18.2 Å². The molecule has 0 saturated heterocycles. The van der Waals surface area contributed by atoms with Gasteiger partial charge in [-0.25, -0.2) is 9.97 Å². The summed E-state index contributed by atoms with van der Waals surface area (Å²) in [5.41, 5.74) is 14.6.